The summed E-state index contributed by atoms with van der Waals surface area (Å²) in [5, 5.41) is 10.8. The maximum atomic E-state index is 9.59. The first-order chi connectivity index (χ1) is 7.06. The lowest BCUT2D eigenvalue weighted by molar-refractivity contribution is 0.134. The Kier molecular flexibility index (Phi) is 2.37. The van der Waals surface area contributed by atoms with E-state index in [0.29, 0.717) is 0 Å². The SMILES string of the molecule is CC(C)(O)/C=C/c1c[nH]c2ccccc12. The fourth-order valence-electron chi connectivity index (χ4n) is 1.53. The Morgan fingerprint density at radius 1 is 1.27 bits per heavy atom. The summed E-state index contributed by atoms with van der Waals surface area (Å²) in [6.45, 7) is 3.52. The number of aliphatic hydroxyl groups is 1. The highest BCUT2D eigenvalue weighted by atomic mass is 16.3. The minimum atomic E-state index is -0.766. The number of para-hydroxylation sites is 1. The molecule has 1 aromatic heterocycles. The second-order valence-electron chi connectivity index (χ2n) is 4.28. The monoisotopic (exact) mass is 201 g/mol. The molecule has 2 aromatic rings. The summed E-state index contributed by atoms with van der Waals surface area (Å²) >= 11 is 0. The zero-order valence-electron chi connectivity index (χ0n) is 8.99. The van der Waals surface area contributed by atoms with Gasteiger partial charge in [-0.1, -0.05) is 30.4 Å². The van der Waals surface area contributed by atoms with Gasteiger partial charge in [0, 0.05) is 17.1 Å². The van der Waals surface area contributed by atoms with Crippen LogP contribution in [0.5, 0.6) is 0 Å². The molecule has 0 saturated heterocycles. The molecule has 0 fully saturated rings. The van der Waals surface area contributed by atoms with Gasteiger partial charge < -0.3 is 10.1 Å². The third-order valence-corrected chi connectivity index (χ3v) is 2.29. The number of aromatic amines is 1. The lowest BCUT2D eigenvalue weighted by atomic mass is 10.1. The maximum absolute atomic E-state index is 9.59. The van der Waals surface area contributed by atoms with Crippen molar-refractivity contribution in [1.29, 1.82) is 0 Å². The van der Waals surface area contributed by atoms with Crippen molar-refractivity contribution in [1.82, 2.24) is 4.98 Å². The fraction of sp³-hybridized carbons (Fsp3) is 0.231. The Bertz CT molecular complexity index is 488. The molecule has 2 nitrogen and oxygen atoms in total. The minimum Gasteiger partial charge on any atom is -0.386 e. The number of aromatic nitrogens is 1. The molecule has 0 aliphatic rings. The second kappa shape index (κ2) is 3.55. The quantitative estimate of drug-likeness (QED) is 0.770. The number of nitrogens with one attached hydrogen (secondary N) is 1. The van der Waals surface area contributed by atoms with E-state index in [0.717, 1.165) is 11.1 Å². The summed E-state index contributed by atoms with van der Waals surface area (Å²) in [6.07, 6.45) is 5.69. The van der Waals surface area contributed by atoms with Gasteiger partial charge in [0.15, 0.2) is 0 Å². The van der Waals surface area contributed by atoms with Crippen LogP contribution in [-0.2, 0) is 0 Å². The van der Waals surface area contributed by atoms with Crippen LogP contribution < -0.4 is 0 Å². The molecule has 78 valence electrons. The van der Waals surface area contributed by atoms with E-state index in [-0.39, 0.29) is 0 Å². The van der Waals surface area contributed by atoms with Gasteiger partial charge >= 0.3 is 0 Å². The van der Waals surface area contributed by atoms with Gasteiger partial charge in [-0.15, -0.1) is 0 Å². The van der Waals surface area contributed by atoms with E-state index in [1.165, 1.54) is 5.39 Å². The summed E-state index contributed by atoms with van der Waals surface area (Å²) in [5.74, 6) is 0. The molecule has 2 rings (SSSR count). The Morgan fingerprint density at radius 3 is 2.73 bits per heavy atom. The first-order valence-corrected chi connectivity index (χ1v) is 5.04. The van der Waals surface area contributed by atoms with Gasteiger partial charge in [0.1, 0.15) is 0 Å². The Labute approximate surface area is 89.3 Å². The maximum Gasteiger partial charge on any atom is 0.0774 e. The van der Waals surface area contributed by atoms with Gasteiger partial charge in [-0.2, -0.15) is 0 Å². The van der Waals surface area contributed by atoms with Crippen LogP contribution in [-0.4, -0.2) is 15.7 Å². The summed E-state index contributed by atoms with van der Waals surface area (Å²) in [4.78, 5) is 3.19. The molecule has 15 heavy (non-hydrogen) atoms. The van der Waals surface area contributed by atoms with Gasteiger partial charge in [0.25, 0.3) is 0 Å². The zero-order valence-corrected chi connectivity index (χ0v) is 8.99. The van der Waals surface area contributed by atoms with Gasteiger partial charge in [0.2, 0.25) is 0 Å². The molecule has 2 heteroatoms. The normalized spacial score (nSPS) is 12.7. The molecule has 0 radical (unpaired) electrons. The van der Waals surface area contributed by atoms with Crippen LogP contribution >= 0.6 is 0 Å². The summed E-state index contributed by atoms with van der Waals surface area (Å²) in [6, 6.07) is 8.12. The number of hydrogen-bond acceptors (Lipinski definition) is 1. The van der Waals surface area contributed by atoms with Crippen molar-refractivity contribution in [3.63, 3.8) is 0 Å². The average molecular weight is 201 g/mol. The predicted molar refractivity (Wildman–Crippen MR) is 63.6 cm³/mol. The molecule has 0 saturated carbocycles. The molecular weight excluding hydrogens is 186 g/mol. The first kappa shape index (κ1) is 9.99. The van der Waals surface area contributed by atoms with Crippen LogP contribution in [0.2, 0.25) is 0 Å². The third kappa shape index (κ3) is 2.28. The highest BCUT2D eigenvalue weighted by Crippen LogP contribution is 2.19. The molecule has 0 spiro atoms. The average Bonchev–Trinajstić information content (AvgIpc) is 2.57. The summed E-state index contributed by atoms with van der Waals surface area (Å²) in [7, 11) is 0. The first-order valence-electron chi connectivity index (χ1n) is 5.04. The molecule has 0 atom stereocenters. The van der Waals surface area contributed by atoms with Crippen LogP contribution in [0.1, 0.15) is 19.4 Å². The van der Waals surface area contributed by atoms with E-state index in [1.807, 2.05) is 30.5 Å². The molecule has 0 aliphatic heterocycles. The molecule has 1 heterocycles. The van der Waals surface area contributed by atoms with Crippen molar-refractivity contribution >= 4 is 17.0 Å². The van der Waals surface area contributed by atoms with E-state index in [9.17, 15) is 5.11 Å². The Morgan fingerprint density at radius 2 is 2.00 bits per heavy atom. The van der Waals surface area contributed by atoms with E-state index in [1.54, 1.807) is 19.9 Å². The van der Waals surface area contributed by atoms with E-state index >= 15 is 0 Å². The number of H-pyrrole nitrogens is 1. The molecule has 0 unspecified atom stereocenters. The van der Waals surface area contributed by atoms with E-state index in [2.05, 4.69) is 11.1 Å². The Hall–Kier alpha value is -1.54. The lowest BCUT2D eigenvalue weighted by Crippen LogP contribution is -2.13. The van der Waals surface area contributed by atoms with Crippen LogP contribution in [0.15, 0.2) is 36.5 Å². The van der Waals surface area contributed by atoms with Gasteiger partial charge in [-0.3, -0.25) is 0 Å². The predicted octanol–water partition coefficient (Wildman–Crippen LogP) is 2.95. The highest BCUT2D eigenvalue weighted by Gasteiger charge is 2.06. The van der Waals surface area contributed by atoms with Gasteiger partial charge in [0.05, 0.1) is 5.60 Å². The van der Waals surface area contributed by atoms with E-state index in [4.69, 9.17) is 0 Å². The summed E-state index contributed by atoms with van der Waals surface area (Å²) < 4.78 is 0. The van der Waals surface area contributed by atoms with Gasteiger partial charge in [-0.25, -0.2) is 0 Å². The standard InChI is InChI=1S/C13H15NO/c1-13(2,15)8-7-10-9-14-12-6-4-3-5-11(10)12/h3-9,14-15H,1-2H3/b8-7+. The summed E-state index contributed by atoms with van der Waals surface area (Å²) in [5.41, 5.74) is 1.46. The fourth-order valence-corrected chi connectivity index (χ4v) is 1.53. The Balaban J connectivity index is 2.41. The van der Waals surface area contributed by atoms with Crippen molar-refractivity contribution < 1.29 is 5.11 Å². The van der Waals surface area contributed by atoms with Crippen LogP contribution in [0, 0.1) is 0 Å². The zero-order chi connectivity index (χ0) is 10.9. The lowest BCUT2D eigenvalue weighted by Gasteiger charge is -2.09. The van der Waals surface area contributed by atoms with Crippen molar-refractivity contribution in [3.8, 4) is 0 Å². The number of benzene rings is 1. The number of fused-ring (bicyclic) bond motifs is 1. The van der Waals surface area contributed by atoms with Crippen molar-refractivity contribution in [3.05, 3.63) is 42.1 Å². The molecule has 0 aliphatic carbocycles. The van der Waals surface area contributed by atoms with Crippen molar-refractivity contribution in [2.75, 3.05) is 0 Å². The number of hydrogen-bond donors (Lipinski definition) is 2. The van der Waals surface area contributed by atoms with Crippen LogP contribution in [0.25, 0.3) is 17.0 Å². The van der Waals surface area contributed by atoms with Crippen molar-refractivity contribution in [2.45, 2.75) is 19.4 Å². The number of rotatable bonds is 2. The highest BCUT2D eigenvalue weighted by molar-refractivity contribution is 5.88. The molecule has 0 bridgehead atoms. The van der Waals surface area contributed by atoms with Crippen LogP contribution in [0.4, 0.5) is 0 Å². The smallest absolute Gasteiger partial charge is 0.0774 e. The third-order valence-electron chi connectivity index (χ3n) is 2.29. The molecule has 2 N–H and O–H groups in total. The molecule has 0 amide bonds. The molecule has 1 aromatic carbocycles. The largest absolute Gasteiger partial charge is 0.386 e. The van der Waals surface area contributed by atoms with E-state index < -0.39 is 5.60 Å². The second-order valence-corrected chi connectivity index (χ2v) is 4.28. The van der Waals surface area contributed by atoms with Crippen LogP contribution in [0.3, 0.4) is 0 Å². The molecular formula is C13H15NO. The van der Waals surface area contributed by atoms with Gasteiger partial charge in [-0.05, 0) is 25.5 Å². The van der Waals surface area contributed by atoms with Crippen molar-refractivity contribution in [2.24, 2.45) is 0 Å². The minimum absolute atomic E-state index is 0.766. The topological polar surface area (TPSA) is 36.0 Å².